The van der Waals surface area contributed by atoms with Crippen LogP contribution in [0.3, 0.4) is 0 Å². The number of carbonyl (C=O) groups is 1. The monoisotopic (exact) mass is 433 g/mol. The fourth-order valence-corrected chi connectivity index (χ4v) is 4.37. The van der Waals surface area contributed by atoms with Gasteiger partial charge in [-0.2, -0.15) is 0 Å². The summed E-state index contributed by atoms with van der Waals surface area (Å²) in [5.74, 6) is 1.46. The van der Waals surface area contributed by atoms with Gasteiger partial charge >= 0.3 is 6.09 Å². The third-order valence-corrected chi connectivity index (χ3v) is 5.87. The van der Waals surface area contributed by atoms with Gasteiger partial charge in [-0.1, -0.05) is 6.07 Å². The van der Waals surface area contributed by atoms with E-state index < -0.39 is 5.60 Å². The normalized spacial score (nSPS) is 17.1. The Balaban J connectivity index is 1.25. The maximum absolute atomic E-state index is 12.2. The van der Waals surface area contributed by atoms with Crippen LogP contribution in [0.2, 0.25) is 0 Å². The number of ether oxygens (including phenoxy) is 2. The van der Waals surface area contributed by atoms with Crippen molar-refractivity contribution in [1.82, 2.24) is 19.9 Å². The van der Waals surface area contributed by atoms with Crippen molar-refractivity contribution in [2.24, 2.45) is 5.41 Å². The molecule has 8 heteroatoms. The molecule has 1 amide bonds. The minimum atomic E-state index is -0.466. The van der Waals surface area contributed by atoms with Gasteiger partial charge in [0.1, 0.15) is 11.4 Å². The van der Waals surface area contributed by atoms with Crippen LogP contribution in [-0.4, -0.2) is 64.8 Å². The molecule has 1 spiro atoms. The average Bonchev–Trinajstić information content (AvgIpc) is 2.70. The molecule has 5 rings (SSSR count). The van der Waals surface area contributed by atoms with E-state index in [0.29, 0.717) is 5.88 Å². The van der Waals surface area contributed by atoms with Crippen LogP contribution in [0.15, 0.2) is 42.7 Å². The molecule has 0 radical (unpaired) electrons. The highest BCUT2D eigenvalue weighted by molar-refractivity contribution is 5.84. The predicted molar refractivity (Wildman–Crippen MR) is 122 cm³/mol. The number of anilines is 1. The van der Waals surface area contributed by atoms with Gasteiger partial charge in [0.05, 0.1) is 30.7 Å². The minimum absolute atomic E-state index is 0.141. The molecule has 0 bridgehead atoms. The molecule has 4 heterocycles. The first-order valence-corrected chi connectivity index (χ1v) is 10.7. The van der Waals surface area contributed by atoms with E-state index in [1.54, 1.807) is 24.4 Å². The maximum atomic E-state index is 12.2. The molecule has 0 saturated carbocycles. The van der Waals surface area contributed by atoms with E-state index in [9.17, 15) is 4.79 Å². The highest BCUT2D eigenvalue weighted by Gasteiger charge is 2.54. The number of methoxy groups -OCH3 is 1. The molecule has 2 saturated heterocycles. The molecule has 0 N–H and O–H groups in total. The van der Waals surface area contributed by atoms with Crippen LogP contribution < -0.4 is 9.64 Å². The van der Waals surface area contributed by atoms with Gasteiger partial charge in [-0.3, -0.25) is 4.98 Å². The van der Waals surface area contributed by atoms with Gasteiger partial charge in [0.25, 0.3) is 0 Å². The largest absolute Gasteiger partial charge is 0.481 e. The molecule has 32 heavy (non-hydrogen) atoms. The summed E-state index contributed by atoms with van der Waals surface area (Å²) in [5, 5.41) is 1.02. The molecule has 2 aliphatic heterocycles. The third kappa shape index (κ3) is 3.81. The van der Waals surface area contributed by atoms with Crippen molar-refractivity contribution in [3.05, 3.63) is 42.7 Å². The number of carbonyl (C=O) groups excluding carboxylic acids is 1. The Morgan fingerprint density at radius 1 is 1.03 bits per heavy atom. The Labute approximate surface area is 187 Å². The van der Waals surface area contributed by atoms with Crippen molar-refractivity contribution in [3.63, 3.8) is 0 Å². The number of amides is 1. The lowest BCUT2D eigenvalue weighted by atomic mass is 9.73. The van der Waals surface area contributed by atoms with E-state index in [0.717, 1.165) is 54.2 Å². The van der Waals surface area contributed by atoms with Crippen LogP contribution in [-0.2, 0) is 4.74 Å². The van der Waals surface area contributed by atoms with E-state index >= 15 is 0 Å². The molecule has 0 unspecified atom stereocenters. The van der Waals surface area contributed by atoms with Crippen molar-refractivity contribution in [2.45, 2.75) is 26.4 Å². The second-order valence-corrected chi connectivity index (χ2v) is 9.72. The summed E-state index contributed by atoms with van der Waals surface area (Å²) in [6.45, 7) is 8.86. The van der Waals surface area contributed by atoms with Crippen LogP contribution in [0, 0.1) is 5.41 Å². The number of nitrogens with zero attached hydrogens (tertiary/aromatic N) is 5. The number of hydrogen-bond donors (Lipinski definition) is 0. The molecule has 0 atom stereocenters. The number of rotatable bonds is 3. The van der Waals surface area contributed by atoms with Crippen molar-refractivity contribution in [2.75, 3.05) is 38.2 Å². The molecule has 3 aromatic rings. The first kappa shape index (κ1) is 20.5. The molecular formula is C24H27N5O3. The summed E-state index contributed by atoms with van der Waals surface area (Å²) in [7, 11) is 1.61. The van der Waals surface area contributed by atoms with E-state index in [1.165, 1.54) is 0 Å². The Kier molecular flexibility index (Phi) is 4.69. The van der Waals surface area contributed by atoms with Crippen LogP contribution in [0.5, 0.6) is 5.88 Å². The smallest absolute Gasteiger partial charge is 0.410 e. The quantitative estimate of drug-likeness (QED) is 0.622. The molecule has 1 aromatic carbocycles. The van der Waals surface area contributed by atoms with E-state index in [1.807, 2.05) is 45.0 Å². The standard InChI is InChI=1S/C24H27N5O3/c1-23(2,3)32-22(30)29-14-24(15-29)12-28(13-24)20-11-25-10-19(26-20)17-5-7-18-16(9-17)6-8-21(27-18)31-4/h5-11H,12-15H2,1-4H3. The summed E-state index contributed by atoms with van der Waals surface area (Å²) >= 11 is 0. The predicted octanol–water partition coefficient (Wildman–Crippen LogP) is 3.76. The summed E-state index contributed by atoms with van der Waals surface area (Å²) in [4.78, 5) is 29.9. The van der Waals surface area contributed by atoms with Gasteiger partial charge < -0.3 is 19.3 Å². The lowest BCUT2D eigenvalue weighted by molar-refractivity contribution is -0.0454. The first-order valence-electron chi connectivity index (χ1n) is 10.7. The number of benzene rings is 1. The van der Waals surface area contributed by atoms with E-state index in [4.69, 9.17) is 14.5 Å². The highest BCUT2D eigenvalue weighted by Crippen LogP contribution is 2.42. The molecular weight excluding hydrogens is 406 g/mol. The van der Waals surface area contributed by atoms with Gasteiger partial charge in [-0.05, 0) is 39.0 Å². The zero-order chi connectivity index (χ0) is 22.5. The molecule has 8 nitrogen and oxygen atoms in total. The molecule has 2 fully saturated rings. The lowest BCUT2D eigenvalue weighted by Crippen LogP contribution is -2.73. The number of pyridine rings is 1. The number of aromatic nitrogens is 3. The van der Waals surface area contributed by atoms with Crippen molar-refractivity contribution in [1.29, 1.82) is 0 Å². The summed E-state index contributed by atoms with van der Waals surface area (Å²) in [6.07, 6.45) is 3.35. The average molecular weight is 434 g/mol. The van der Waals surface area contributed by atoms with Crippen LogP contribution in [0.4, 0.5) is 10.6 Å². The van der Waals surface area contributed by atoms with Gasteiger partial charge in [-0.25, -0.2) is 14.8 Å². The van der Waals surface area contributed by atoms with Gasteiger partial charge in [0.15, 0.2) is 0 Å². The van der Waals surface area contributed by atoms with Gasteiger partial charge in [-0.15, -0.1) is 0 Å². The molecule has 166 valence electrons. The maximum Gasteiger partial charge on any atom is 0.410 e. The van der Waals surface area contributed by atoms with E-state index in [2.05, 4.69) is 20.9 Å². The summed E-state index contributed by atoms with van der Waals surface area (Å²) < 4.78 is 10.7. The van der Waals surface area contributed by atoms with Gasteiger partial charge in [0.2, 0.25) is 5.88 Å². The lowest BCUT2D eigenvalue weighted by Gasteiger charge is -2.60. The minimum Gasteiger partial charge on any atom is -0.481 e. The fourth-order valence-electron chi connectivity index (χ4n) is 4.37. The molecule has 2 aliphatic rings. The molecule has 2 aromatic heterocycles. The number of hydrogen-bond acceptors (Lipinski definition) is 7. The van der Waals surface area contributed by atoms with Crippen molar-refractivity contribution in [3.8, 4) is 17.1 Å². The Morgan fingerprint density at radius 2 is 1.81 bits per heavy atom. The summed E-state index contributed by atoms with van der Waals surface area (Å²) in [6, 6.07) is 9.89. The third-order valence-electron chi connectivity index (χ3n) is 5.87. The zero-order valence-electron chi connectivity index (χ0n) is 18.8. The van der Waals surface area contributed by atoms with Crippen molar-refractivity contribution >= 4 is 22.8 Å². The van der Waals surface area contributed by atoms with Crippen LogP contribution in [0.1, 0.15) is 20.8 Å². The first-order chi connectivity index (χ1) is 15.2. The van der Waals surface area contributed by atoms with Crippen LogP contribution in [0.25, 0.3) is 22.2 Å². The topological polar surface area (TPSA) is 80.7 Å². The Bertz CT molecular complexity index is 1180. The Hall–Kier alpha value is -3.42. The Morgan fingerprint density at radius 3 is 2.53 bits per heavy atom. The van der Waals surface area contributed by atoms with Gasteiger partial charge in [0, 0.05) is 48.6 Å². The molecule has 0 aliphatic carbocycles. The highest BCUT2D eigenvalue weighted by atomic mass is 16.6. The van der Waals surface area contributed by atoms with Crippen molar-refractivity contribution < 1.29 is 14.3 Å². The zero-order valence-corrected chi connectivity index (χ0v) is 18.8. The number of fused-ring (bicyclic) bond motifs is 1. The fraction of sp³-hybridized carbons (Fsp3) is 0.417. The second kappa shape index (κ2) is 7.32. The number of likely N-dealkylation sites (tertiary alicyclic amines) is 1. The SMILES string of the molecule is COc1ccc2cc(-c3cncc(N4CC5(CN(C(=O)OC(C)(C)C)C5)C4)n3)ccc2n1. The summed E-state index contributed by atoms with van der Waals surface area (Å²) in [5.41, 5.74) is 2.37. The van der Waals surface area contributed by atoms with Crippen LogP contribution >= 0.6 is 0 Å². The van der Waals surface area contributed by atoms with E-state index in [-0.39, 0.29) is 11.5 Å². The second-order valence-electron chi connectivity index (χ2n) is 9.72.